The third kappa shape index (κ3) is 2.15. The summed E-state index contributed by atoms with van der Waals surface area (Å²) in [5, 5.41) is 9.21. The summed E-state index contributed by atoms with van der Waals surface area (Å²) >= 11 is 0. The first-order chi connectivity index (χ1) is 6.96. The Morgan fingerprint density at radius 3 is 2.12 bits per heavy atom. The molecule has 0 unspecified atom stereocenters. The van der Waals surface area contributed by atoms with Crippen LogP contribution in [0.25, 0.3) is 0 Å². The molecule has 0 radical (unpaired) electrons. The van der Waals surface area contributed by atoms with Crippen LogP contribution >= 0.6 is 12.4 Å². The predicted octanol–water partition coefficient (Wildman–Crippen LogP) is 2.15. The van der Waals surface area contributed by atoms with Crippen LogP contribution in [0.15, 0.2) is 0 Å². The molecule has 0 aromatic carbocycles. The van der Waals surface area contributed by atoms with Crippen LogP contribution in [0, 0.1) is 0 Å². The summed E-state index contributed by atoms with van der Waals surface area (Å²) in [6.45, 7) is -0.182. The number of rotatable bonds is 2. The molecule has 0 aromatic heterocycles. The number of halogens is 3. The van der Waals surface area contributed by atoms with Crippen LogP contribution in [0.1, 0.15) is 32.1 Å². The summed E-state index contributed by atoms with van der Waals surface area (Å²) in [4.78, 5) is 12.7. The molecular weight excluding hydrogens is 240 g/mol. The molecule has 0 atom stereocenters. The van der Waals surface area contributed by atoms with Crippen molar-refractivity contribution in [3.05, 3.63) is 0 Å². The zero-order valence-electron chi connectivity index (χ0n) is 8.92. The fourth-order valence-electron chi connectivity index (χ4n) is 2.73. The normalized spacial score (nSPS) is 27.6. The van der Waals surface area contributed by atoms with Gasteiger partial charge in [0, 0.05) is 13.0 Å². The van der Waals surface area contributed by atoms with Crippen molar-refractivity contribution in [3.8, 4) is 0 Å². The van der Waals surface area contributed by atoms with E-state index in [1.54, 1.807) is 0 Å². The first-order valence-corrected chi connectivity index (χ1v) is 5.33. The Kier molecular flexibility index (Phi) is 3.80. The van der Waals surface area contributed by atoms with E-state index in [4.69, 9.17) is 0 Å². The Labute approximate surface area is 99.2 Å². The SMILES string of the molecule is Cl.O=C(O)C1(N2CCC(F)(F)C2)CCCC1. The highest BCUT2D eigenvalue weighted by Crippen LogP contribution is 2.40. The molecule has 1 aliphatic heterocycles. The number of likely N-dealkylation sites (tertiary alicyclic amines) is 1. The van der Waals surface area contributed by atoms with Gasteiger partial charge in [-0.15, -0.1) is 12.4 Å². The molecule has 1 aliphatic carbocycles. The zero-order valence-corrected chi connectivity index (χ0v) is 9.73. The summed E-state index contributed by atoms with van der Waals surface area (Å²) in [5.74, 6) is -3.64. The van der Waals surface area contributed by atoms with E-state index in [0.717, 1.165) is 12.8 Å². The number of hydrogen-bond donors (Lipinski definition) is 1. The maximum Gasteiger partial charge on any atom is 0.324 e. The first-order valence-electron chi connectivity index (χ1n) is 5.33. The molecule has 0 spiro atoms. The standard InChI is InChI=1S/C10H15F2NO2.ClH/c11-10(12)5-6-13(7-10)9(8(14)15)3-1-2-4-9;/h1-7H2,(H,14,15);1H. The minimum Gasteiger partial charge on any atom is -0.480 e. The Morgan fingerprint density at radius 2 is 1.75 bits per heavy atom. The minimum atomic E-state index is -2.70. The Balaban J connectivity index is 0.00000128. The van der Waals surface area contributed by atoms with Gasteiger partial charge in [-0.05, 0) is 12.8 Å². The highest BCUT2D eigenvalue weighted by atomic mass is 35.5. The van der Waals surface area contributed by atoms with Crippen LogP contribution < -0.4 is 0 Å². The molecule has 16 heavy (non-hydrogen) atoms. The molecule has 1 saturated carbocycles. The van der Waals surface area contributed by atoms with Gasteiger partial charge in [0.25, 0.3) is 5.92 Å². The van der Waals surface area contributed by atoms with Gasteiger partial charge in [0.15, 0.2) is 0 Å². The molecular formula is C10H16ClF2NO2. The minimum absolute atomic E-state index is 0. The number of carboxylic acid groups (broad SMARTS) is 1. The van der Waals surface area contributed by atoms with E-state index in [1.807, 2.05) is 0 Å². The van der Waals surface area contributed by atoms with Crippen molar-refractivity contribution in [2.24, 2.45) is 0 Å². The van der Waals surface area contributed by atoms with Gasteiger partial charge in [0.2, 0.25) is 0 Å². The lowest BCUT2D eigenvalue weighted by atomic mass is 9.96. The second kappa shape index (κ2) is 4.45. The van der Waals surface area contributed by atoms with Crippen LogP contribution in [-0.2, 0) is 4.79 Å². The van der Waals surface area contributed by atoms with E-state index >= 15 is 0 Å². The third-order valence-corrected chi connectivity index (χ3v) is 3.60. The lowest BCUT2D eigenvalue weighted by Crippen LogP contribution is -2.52. The molecule has 3 nitrogen and oxygen atoms in total. The number of alkyl halides is 2. The quantitative estimate of drug-likeness (QED) is 0.822. The van der Waals surface area contributed by atoms with Gasteiger partial charge in [0.1, 0.15) is 5.54 Å². The Bertz CT molecular complexity index is 280. The number of carbonyl (C=O) groups is 1. The first kappa shape index (κ1) is 13.6. The van der Waals surface area contributed by atoms with Crippen LogP contribution in [-0.4, -0.2) is 40.5 Å². The topological polar surface area (TPSA) is 40.5 Å². The monoisotopic (exact) mass is 255 g/mol. The average molecular weight is 256 g/mol. The van der Waals surface area contributed by atoms with Gasteiger partial charge < -0.3 is 5.11 Å². The maximum absolute atomic E-state index is 13.0. The van der Waals surface area contributed by atoms with Gasteiger partial charge in [0.05, 0.1) is 6.54 Å². The number of nitrogens with zero attached hydrogens (tertiary/aromatic N) is 1. The highest BCUT2D eigenvalue weighted by Gasteiger charge is 2.52. The van der Waals surface area contributed by atoms with Crippen molar-refractivity contribution in [1.82, 2.24) is 4.90 Å². The fourth-order valence-corrected chi connectivity index (χ4v) is 2.73. The van der Waals surface area contributed by atoms with Crippen molar-refractivity contribution in [2.45, 2.75) is 43.6 Å². The highest BCUT2D eigenvalue weighted by molar-refractivity contribution is 5.85. The van der Waals surface area contributed by atoms with E-state index in [0.29, 0.717) is 12.8 Å². The van der Waals surface area contributed by atoms with Crippen molar-refractivity contribution in [2.75, 3.05) is 13.1 Å². The summed E-state index contributed by atoms with van der Waals surface area (Å²) in [5.41, 5.74) is -1.00. The molecule has 2 rings (SSSR count). The molecule has 1 N–H and O–H groups in total. The van der Waals surface area contributed by atoms with E-state index < -0.39 is 17.4 Å². The summed E-state index contributed by atoms with van der Waals surface area (Å²) in [6, 6.07) is 0. The lowest BCUT2D eigenvalue weighted by Gasteiger charge is -2.34. The van der Waals surface area contributed by atoms with Crippen LogP contribution in [0.2, 0.25) is 0 Å². The number of aliphatic carboxylic acids is 1. The molecule has 2 fully saturated rings. The van der Waals surface area contributed by atoms with Crippen LogP contribution in [0.4, 0.5) is 8.78 Å². The zero-order chi connectivity index (χ0) is 11.1. The van der Waals surface area contributed by atoms with Crippen molar-refractivity contribution < 1.29 is 18.7 Å². The summed E-state index contributed by atoms with van der Waals surface area (Å²) in [7, 11) is 0. The maximum atomic E-state index is 13.0. The van der Waals surface area contributed by atoms with Crippen LogP contribution in [0.3, 0.4) is 0 Å². The number of hydrogen-bond acceptors (Lipinski definition) is 2. The molecule has 94 valence electrons. The van der Waals surface area contributed by atoms with Crippen LogP contribution in [0.5, 0.6) is 0 Å². The largest absolute Gasteiger partial charge is 0.480 e. The van der Waals surface area contributed by atoms with Crippen molar-refractivity contribution in [3.63, 3.8) is 0 Å². The molecule has 0 amide bonds. The Hall–Kier alpha value is -0.420. The van der Waals surface area contributed by atoms with Gasteiger partial charge in [-0.1, -0.05) is 12.8 Å². The predicted molar refractivity (Wildman–Crippen MR) is 57.2 cm³/mol. The van der Waals surface area contributed by atoms with E-state index in [1.165, 1.54) is 4.90 Å². The molecule has 2 aliphatic rings. The molecule has 1 saturated heterocycles. The van der Waals surface area contributed by atoms with Gasteiger partial charge in [-0.25, -0.2) is 8.78 Å². The van der Waals surface area contributed by atoms with E-state index in [2.05, 4.69) is 0 Å². The lowest BCUT2D eigenvalue weighted by molar-refractivity contribution is -0.151. The number of carboxylic acids is 1. The third-order valence-electron chi connectivity index (χ3n) is 3.60. The van der Waals surface area contributed by atoms with Crippen molar-refractivity contribution in [1.29, 1.82) is 0 Å². The van der Waals surface area contributed by atoms with Gasteiger partial charge >= 0.3 is 5.97 Å². The molecule has 1 heterocycles. The Morgan fingerprint density at radius 1 is 1.19 bits per heavy atom. The fraction of sp³-hybridized carbons (Fsp3) is 0.900. The van der Waals surface area contributed by atoms with Crippen molar-refractivity contribution >= 4 is 18.4 Å². The molecule has 0 bridgehead atoms. The molecule has 6 heteroatoms. The smallest absolute Gasteiger partial charge is 0.324 e. The summed E-state index contributed by atoms with van der Waals surface area (Å²) in [6.07, 6.45) is 2.47. The molecule has 0 aromatic rings. The van der Waals surface area contributed by atoms with Gasteiger partial charge in [-0.3, -0.25) is 9.69 Å². The average Bonchev–Trinajstić information content (AvgIpc) is 2.71. The van der Waals surface area contributed by atoms with E-state index in [9.17, 15) is 18.7 Å². The summed E-state index contributed by atoms with van der Waals surface area (Å²) < 4.78 is 26.1. The second-order valence-corrected chi connectivity index (χ2v) is 4.57. The second-order valence-electron chi connectivity index (χ2n) is 4.57. The van der Waals surface area contributed by atoms with E-state index in [-0.39, 0.29) is 31.9 Å². The van der Waals surface area contributed by atoms with Gasteiger partial charge in [-0.2, -0.15) is 0 Å².